The van der Waals surface area contributed by atoms with Crippen molar-refractivity contribution in [1.82, 2.24) is 39.0 Å². The molecule has 4 heterocycles. The van der Waals surface area contributed by atoms with Gasteiger partial charge in [0, 0.05) is 98.5 Å². The SMILES string of the molecule is C=CC(=O)Cl.C=CC(=O)Nc1ccc(C(=O)Nc2cccc(Nc3cc(NC4CCC(N(C)C)CC4)nc4c(CC)cnn34)c2)cc1.C=CC(=O)Nc1ccc(C(=O)O)cc1.C=CC(=O)Nc1ccc(C(=O)O)cc1.CCc1cnn2c(Nc3cccc(N)c3)cc(NC3CCC(N(C)C)CC3)nc12.Nc1ccc(C(=O)O)cc1. The van der Waals surface area contributed by atoms with Gasteiger partial charge in [-0.05, 0) is 262 Å². The van der Waals surface area contributed by atoms with Crippen molar-refractivity contribution in [3.8, 4) is 0 Å². The number of nitrogen functional groups attached to an aromatic ring is 2. The minimum atomic E-state index is -0.994. The van der Waals surface area contributed by atoms with Gasteiger partial charge in [-0.2, -0.15) is 19.2 Å². The minimum Gasteiger partial charge on any atom is -0.478 e. The summed E-state index contributed by atoms with van der Waals surface area (Å²) in [7, 11) is 8.66. The van der Waals surface area contributed by atoms with E-state index in [1.54, 1.807) is 36.4 Å². The van der Waals surface area contributed by atoms with Crippen molar-refractivity contribution < 1.29 is 53.7 Å². The Labute approximate surface area is 666 Å². The molecule has 114 heavy (non-hydrogen) atoms. The second-order valence-electron chi connectivity index (χ2n) is 26.6. The number of carbonyl (C=O) groups is 8. The molecule has 2 aliphatic carbocycles. The number of allylic oxidation sites excluding steroid dienone is 1. The highest BCUT2D eigenvalue weighted by Gasteiger charge is 2.26. The first kappa shape index (κ1) is 87.7. The van der Waals surface area contributed by atoms with Crippen LogP contribution >= 0.6 is 11.6 Å². The Morgan fingerprint density at radius 3 is 1.12 bits per heavy atom. The van der Waals surface area contributed by atoms with Crippen LogP contribution in [0.2, 0.25) is 0 Å². The van der Waals surface area contributed by atoms with E-state index in [0.29, 0.717) is 58.2 Å². The number of nitrogens with one attached hydrogen (secondary N) is 8. The van der Waals surface area contributed by atoms with Gasteiger partial charge in [-0.3, -0.25) is 24.0 Å². The number of anilines is 12. The Bertz CT molecular complexity index is 4900. The van der Waals surface area contributed by atoms with E-state index in [4.69, 9.17) is 48.4 Å². The molecule has 596 valence electrons. The van der Waals surface area contributed by atoms with Crippen LogP contribution in [0, 0.1) is 0 Å². The van der Waals surface area contributed by atoms with Crippen LogP contribution in [-0.2, 0) is 32.0 Å². The molecule has 15 N–H and O–H groups in total. The molecule has 2 aliphatic rings. The number of carbonyl (C=O) groups excluding carboxylic acids is 5. The first-order valence-corrected chi connectivity index (χ1v) is 36.9. The molecule has 2 saturated carbocycles. The largest absolute Gasteiger partial charge is 0.478 e. The van der Waals surface area contributed by atoms with Gasteiger partial charge in [0.15, 0.2) is 11.3 Å². The summed E-state index contributed by atoms with van der Waals surface area (Å²) in [6.45, 7) is 17.3. The minimum absolute atomic E-state index is 0.182. The van der Waals surface area contributed by atoms with Gasteiger partial charge in [-0.25, -0.2) is 24.4 Å². The highest BCUT2D eigenvalue weighted by atomic mass is 35.5. The van der Waals surface area contributed by atoms with Crippen LogP contribution in [0.3, 0.4) is 0 Å². The molecule has 4 aromatic heterocycles. The lowest BCUT2D eigenvalue weighted by atomic mass is 9.90. The van der Waals surface area contributed by atoms with Crippen molar-refractivity contribution in [3.63, 3.8) is 0 Å². The van der Waals surface area contributed by atoms with E-state index < -0.39 is 23.2 Å². The number of aromatic nitrogens is 6. The Hall–Kier alpha value is -13.5. The standard InChI is InChI=1S/C32H38N8O2.C22H31N7.2C10H9NO3.C7H7NO2.C3H3ClO/c1-5-21-20-33-40-29(19-28(38-31(21)40)34-23-14-16-27(17-15-23)39(3)4)35-25-8-7-9-26(18-25)37-32(42)22-10-12-24(13-11-22)36-30(41)6-2;1-4-15-14-24-29-21(26-18-7-5-6-16(23)12-18)13-20(27-22(15)29)25-17-8-10-19(11-9-17)28(2)3;2*1-2-9(12)11-8-5-3-7(4-6-8)10(13)14;8-6-3-1-5(2-4-6)7(9)10;1-2-3(4)5/h6-13,18-20,23,27,35H,2,5,14-17H2,1,3-4H3,(H,34,38)(H,36,41)(H,37,42);5-7,12-14,17,19,26H,4,8-11,23H2,1-3H3,(H,25,27);2*2-6H,1H2,(H,11,12)(H,13,14);1-4H,8H2,(H,9,10);2H,1H2. The molecule has 0 saturated heterocycles. The van der Waals surface area contributed by atoms with E-state index in [1.807, 2.05) is 82.1 Å². The Morgan fingerprint density at radius 1 is 0.447 bits per heavy atom. The van der Waals surface area contributed by atoms with Gasteiger partial charge in [0.05, 0.1) is 29.1 Å². The van der Waals surface area contributed by atoms with Crippen molar-refractivity contribution in [2.24, 2.45) is 0 Å². The zero-order valence-corrected chi connectivity index (χ0v) is 65.2. The number of nitrogens with two attached hydrogens (primary N) is 2. The number of nitrogens with zero attached hydrogens (tertiary/aromatic N) is 8. The first-order chi connectivity index (χ1) is 54.6. The molecule has 0 radical (unpaired) electrons. The third-order valence-electron chi connectivity index (χ3n) is 18.0. The number of aromatic carboxylic acids is 3. The molecule has 10 aromatic rings. The maximum atomic E-state index is 12.9. The first-order valence-electron chi connectivity index (χ1n) is 36.5. The van der Waals surface area contributed by atoms with Gasteiger partial charge in [0.2, 0.25) is 23.0 Å². The van der Waals surface area contributed by atoms with Gasteiger partial charge < -0.3 is 79.1 Å². The number of fused-ring (bicyclic) bond motifs is 2. The predicted octanol–water partition coefficient (Wildman–Crippen LogP) is 14.5. The highest BCUT2D eigenvalue weighted by molar-refractivity contribution is 6.66. The Balaban J connectivity index is 0.000000214. The van der Waals surface area contributed by atoms with E-state index in [-0.39, 0.29) is 40.3 Å². The van der Waals surface area contributed by atoms with Crippen molar-refractivity contribution in [1.29, 1.82) is 0 Å². The molecule has 0 aliphatic heterocycles. The third-order valence-corrected chi connectivity index (χ3v) is 18.2. The number of carboxylic acid groups (broad SMARTS) is 3. The quantitative estimate of drug-likeness (QED) is 0.0152. The summed E-state index contributed by atoms with van der Waals surface area (Å²) >= 11 is 4.71. The van der Waals surface area contributed by atoms with Gasteiger partial charge in [-0.15, -0.1) is 0 Å². The summed E-state index contributed by atoms with van der Waals surface area (Å²) in [4.78, 5) is 101. The molecule has 4 amide bonds. The van der Waals surface area contributed by atoms with Crippen LogP contribution in [0.5, 0.6) is 0 Å². The van der Waals surface area contributed by atoms with Crippen molar-refractivity contribution >= 4 is 138 Å². The summed E-state index contributed by atoms with van der Waals surface area (Å²) < 4.78 is 3.70. The lowest BCUT2D eigenvalue weighted by Crippen LogP contribution is -2.36. The molecular formula is C84H97ClN18O11. The molecular weight excluding hydrogens is 1470 g/mol. The Morgan fingerprint density at radius 2 is 0.789 bits per heavy atom. The summed E-state index contributed by atoms with van der Waals surface area (Å²) in [5, 5.41) is 59.2. The zero-order chi connectivity index (χ0) is 83.0. The number of hydrogen-bond acceptors (Lipinski definition) is 20. The molecule has 12 rings (SSSR count). The number of aryl methyl sites for hydroxylation is 2. The zero-order valence-electron chi connectivity index (χ0n) is 64.4. The normalized spacial score (nSPS) is 14.5. The summed E-state index contributed by atoms with van der Waals surface area (Å²) in [5.74, 6) is -0.749. The van der Waals surface area contributed by atoms with Crippen LogP contribution in [0.15, 0.2) is 221 Å². The fourth-order valence-electron chi connectivity index (χ4n) is 11.8. The molecule has 6 aromatic carbocycles. The Kier molecular flexibility index (Phi) is 33.7. The maximum Gasteiger partial charge on any atom is 0.335 e. The lowest BCUT2D eigenvalue weighted by molar-refractivity contribution is -0.112. The van der Waals surface area contributed by atoms with Crippen molar-refractivity contribution in [2.45, 2.75) is 102 Å². The third kappa shape index (κ3) is 27.5. The molecule has 2 fully saturated rings. The summed E-state index contributed by atoms with van der Waals surface area (Å²) in [5.41, 5.74) is 21.7. The maximum absolute atomic E-state index is 12.9. The number of halogens is 1. The number of benzene rings is 6. The fraction of sp³-hybridized carbons (Fsp3) is 0.238. The van der Waals surface area contributed by atoms with Crippen LogP contribution in [-0.4, -0.2) is 153 Å². The molecule has 0 atom stereocenters. The average molecular weight is 1570 g/mol. The van der Waals surface area contributed by atoms with Crippen LogP contribution in [0.1, 0.15) is 118 Å². The average Bonchev–Trinajstić information content (AvgIpc) is 1.62. The molecule has 29 nitrogen and oxygen atoms in total. The van der Waals surface area contributed by atoms with Crippen LogP contribution < -0.4 is 54.0 Å². The number of amides is 4. The summed E-state index contributed by atoms with van der Waals surface area (Å²) in [6.07, 6.45) is 19.3. The predicted molar refractivity (Wildman–Crippen MR) is 452 cm³/mol. The second-order valence-corrected chi connectivity index (χ2v) is 26.9. The topological polar surface area (TPSA) is 412 Å². The molecule has 0 bridgehead atoms. The van der Waals surface area contributed by atoms with Gasteiger partial charge in [0.1, 0.15) is 23.3 Å². The van der Waals surface area contributed by atoms with Crippen molar-refractivity contribution in [3.05, 3.63) is 254 Å². The second kappa shape index (κ2) is 43.8. The van der Waals surface area contributed by atoms with Crippen molar-refractivity contribution in [2.75, 3.05) is 82.2 Å². The van der Waals surface area contributed by atoms with E-state index in [0.717, 1.165) is 120 Å². The lowest BCUT2D eigenvalue weighted by Gasteiger charge is -2.33. The van der Waals surface area contributed by atoms with Crippen LogP contribution in [0.4, 0.5) is 68.8 Å². The van der Waals surface area contributed by atoms with Gasteiger partial charge in [-0.1, -0.05) is 52.3 Å². The molecule has 30 heteroatoms. The number of carboxylic acids is 3. The molecule has 0 unspecified atom stereocenters. The van der Waals surface area contributed by atoms with Gasteiger partial charge in [0.25, 0.3) is 5.91 Å². The van der Waals surface area contributed by atoms with E-state index in [9.17, 15) is 38.4 Å². The summed E-state index contributed by atoms with van der Waals surface area (Å²) in [6, 6.07) is 46.0. The molecule has 0 spiro atoms. The number of rotatable bonds is 24. The fourth-order valence-corrected chi connectivity index (χ4v) is 11.8. The van der Waals surface area contributed by atoms with Gasteiger partial charge >= 0.3 is 17.9 Å². The van der Waals surface area contributed by atoms with Crippen LogP contribution in [0.25, 0.3) is 11.3 Å². The highest BCUT2D eigenvalue weighted by Crippen LogP contribution is 2.31. The van der Waals surface area contributed by atoms with E-state index >= 15 is 0 Å². The van der Waals surface area contributed by atoms with E-state index in [2.05, 4.69) is 131 Å². The van der Waals surface area contributed by atoms with E-state index in [1.165, 1.54) is 92.4 Å². The number of hydrogen-bond donors (Lipinski definition) is 13. The monoisotopic (exact) mass is 1570 g/mol. The smallest absolute Gasteiger partial charge is 0.335 e.